The maximum absolute atomic E-state index is 12.9. The van der Waals surface area contributed by atoms with Crippen molar-refractivity contribution in [1.29, 1.82) is 0 Å². The average Bonchev–Trinajstić information content (AvgIpc) is 2.88. The maximum Gasteiger partial charge on any atom is 0.508 e. The lowest BCUT2D eigenvalue weighted by Crippen LogP contribution is -2.33. The van der Waals surface area contributed by atoms with E-state index in [1.54, 1.807) is 44.2 Å². The lowest BCUT2D eigenvalue weighted by molar-refractivity contribution is -0.131. The first kappa shape index (κ1) is 29.2. The van der Waals surface area contributed by atoms with Crippen LogP contribution in [0.2, 0.25) is 0 Å². The van der Waals surface area contributed by atoms with Crippen LogP contribution in [-0.4, -0.2) is 58.1 Å². The second-order valence-corrected chi connectivity index (χ2v) is 9.85. The highest BCUT2D eigenvalue weighted by Crippen LogP contribution is 2.15. The summed E-state index contributed by atoms with van der Waals surface area (Å²) in [7, 11) is -3.78. The van der Waals surface area contributed by atoms with Gasteiger partial charge in [-0.05, 0) is 37.1 Å². The van der Waals surface area contributed by atoms with Gasteiger partial charge >= 0.3 is 6.16 Å². The Hall–Kier alpha value is -3.01. The van der Waals surface area contributed by atoms with Crippen LogP contribution in [0.25, 0.3) is 0 Å². The molecule has 0 saturated carbocycles. The first-order valence-corrected chi connectivity index (χ1v) is 13.5. The molecule has 0 heterocycles. The van der Waals surface area contributed by atoms with Crippen LogP contribution in [0.5, 0.6) is 0 Å². The fraction of sp³-hybridized carbons (Fsp3) is 0.407. The summed E-state index contributed by atoms with van der Waals surface area (Å²) in [6.45, 7) is 4.38. The van der Waals surface area contributed by atoms with Gasteiger partial charge in [0.15, 0.2) is 15.6 Å². The van der Waals surface area contributed by atoms with E-state index in [1.807, 2.05) is 30.3 Å². The third-order valence-corrected chi connectivity index (χ3v) is 6.73. The van der Waals surface area contributed by atoms with Crippen molar-refractivity contribution in [2.45, 2.75) is 50.4 Å². The van der Waals surface area contributed by atoms with Gasteiger partial charge in [-0.3, -0.25) is 4.79 Å². The first-order chi connectivity index (χ1) is 17.4. The SMILES string of the molecule is CCOC(=O)OC/C=C/[C@H](CCOCc1ccccc1)OC(CC)C(=O)CS(=O)(=O)c1ccccc1. The molecule has 0 aliphatic carbocycles. The molecule has 0 bridgehead atoms. The number of carbonyl (C=O) groups excluding carboxylic acids is 2. The number of rotatable bonds is 16. The number of benzene rings is 2. The van der Waals surface area contributed by atoms with E-state index in [4.69, 9.17) is 18.9 Å². The standard InChI is InChI=1S/C27H34O8S/c1-3-26(25(28)21-36(30,31)24-15-9-6-10-16-24)35-23(14-11-18-34-27(29)33-4-2)17-19-32-20-22-12-7-5-8-13-22/h5-16,23,26H,3-4,17-21H2,1-2H3/b14-11+/t23-,26?/m1/s1. The summed E-state index contributed by atoms with van der Waals surface area (Å²) in [5.74, 6) is -1.17. The van der Waals surface area contributed by atoms with Crippen LogP contribution in [0.4, 0.5) is 4.79 Å². The fourth-order valence-electron chi connectivity index (χ4n) is 3.26. The number of ketones is 1. The highest BCUT2D eigenvalue weighted by atomic mass is 32.2. The smallest absolute Gasteiger partial charge is 0.435 e. The van der Waals surface area contributed by atoms with Crippen molar-refractivity contribution in [3.8, 4) is 0 Å². The Kier molecular flexibility index (Phi) is 12.9. The largest absolute Gasteiger partial charge is 0.508 e. The van der Waals surface area contributed by atoms with Crippen LogP contribution >= 0.6 is 0 Å². The molecule has 1 unspecified atom stereocenters. The zero-order chi connectivity index (χ0) is 26.2. The van der Waals surface area contributed by atoms with Crippen molar-refractivity contribution in [2.24, 2.45) is 0 Å². The van der Waals surface area contributed by atoms with Crippen molar-refractivity contribution < 1.29 is 37.0 Å². The van der Waals surface area contributed by atoms with Gasteiger partial charge in [0.25, 0.3) is 0 Å². The van der Waals surface area contributed by atoms with Gasteiger partial charge in [0.1, 0.15) is 18.5 Å². The van der Waals surface area contributed by atoms with Gasteiger partial charge in [0.2, 0.25) is 0 Å². The molecule has 196 valence electrons. The van der Waals surface area contributed by atoms with Gasteiger partial charge in [-0.1, -0.05) is 61.5 Å². The minimum atomic E-state index is -3.78. The van der Waals surface area contributed by atoms with Crippen LogP contribution in [-0.2, 0) is 40.2 Å². The maximum atomic E-state index is 12.9. The number of hydrogen-bond acceptors (Lipinski definition) is 8. The number of Topliss-reactive ketones (excluding diaryl/α,β-unsaturated/α-hetero) is 1. The summed E-state index contributed by atoms with van der Waals surface area (Å²) in [5.41, 5.74) is 1.03. The van der Waals surface area contributed by atoms with E-state index in [1.165, 1.54) is 12.1 Å². The molecule has 0 N–H and O–H groups in total. The van der Waals surface area contributed by atoms with Crippen molar-refractivity contribution in [3.05, 3.63) is 78.4 Å². The molecule has 2 atom stereocenters. The van der Waals surface area contributed by atoms with Gasteiger partial charge in [-0.2, -0.15) is 0 Å². The topological polar surface area (TPSA) is 105 Å². The molecule has 2 aromatic rings. The molecule has 36 heavy (non-hydrogen) atoms. The number of ether oxygens (including phenoxy) is 4. The van der Waals surface area contributed by atoms with Crippen LogP contribution < -0.4 is 0 Å². The van der Waals surface area contributed by atoms with Crippen molar-refractivity contribution >= 4 is 21.8 Å². The van der Waals surface area contributed by atoms with E-state index in [9.17, 15) is 18.0 Å². The molecule has 0 amide bonds. The molecule has 0 spiro atoms. The second-order valence-electron chi connectivity index (χ2n) is 7.86. The van der Waals surface area contributed by atoms with Crippen LogP contribution in [0.3, 0.4) is 0 Å². The van der Waals surface area contributed by atoms with E-state index >= 15 is 0 Å². The second kappa shape index (κ2) is 15.9. The van der Waals surface area contributed by atoms with Gasteiger partial charge in [-0.15, -0.1) is 0 Å². The number of sulfone groups is 1. The molecule has 0 fully saturated rings. The van der Waals surface area contributed by atoms with Gasteiger partial charge in [0, 0.05) is 13.0 Å². The fourth-order valence-corrected chi connectivity index (χ4v) is 4.56. The molecular formula is C27H34O8S. The zero-order valence-electron chi connectivity index (χ0n) is 20.7. The number of hydrogen-bond donors (Lipinski definition) is 0. The Bertz CT molecular complexity index is 1050. The van der Waals surface area contributed by atoms with E-state index in [0.717, 1.165) is 5.56 Å². The quantitative estimate of drug-likeness (QED) is 0.181. The summed E-state index contributed by atoms with van der Waals surface area (Å²) in [4.78, 5) is 24.3. The van der Waals surface area contributed by atoms with Gasteiger partial charge < -0.3 is 18.9 Å². The summed E-state index contributed by atoms with van der Waals surface area (Å²) in [6.07, 6.45) is 1.73. The molecular weight excluding hydrogens is 484 g/mol. The van der Waals surface area contributed by atoms with Gasteiger partial charge in [-0.25, -0.2) is 13.2 Å². The first-order valence-electron chi connectivity index (χ1n) is 11.9. The van der Waals surface area contributed by atoms with E-state index in [0.29, 0.717) is 26.1 Å². The Morgan fingerprint density at radius 3 is 2.25 bits per heavy atom. The molecule has 0 radical (unpaired) electrons. The molecule has 2 rings (SSSR count). The van der Waals surface area contributed by atoms with E-state index in [-0.39, 0.29) is 18.1 Å². The summed E-state index contributed by atoms with van der Waals surface area (Å²) >= 11 is 0. The Morgan fingerprint density at radius 1 is 0.944 bits per heavy atom. The predicted octanol–water partition coefficient (Wildman–Crippen LogP) is 4.53. The summed E-state index contributed by atoms with van der Waals surface area (Å²) < 4.78 is 46.7. The van der Waals surface area contributed by atoms with Crippen molar-refractivity contribution in [3.63, 3.8) is 0 Å². The van der Waals surface area contributed by atoms with E-state index < -0.39 is 39.7 Å². The molecule has 0 saturated heterocycles. The zero-order valence-corrected chi connectivity index (χ0v) is 21.5. The lowest BCUT2D eigenvalue weighted by Gasteiger charge is -2.21. The van der Waals surface area contributed by atoms with Crippen molar-refractivity contribution in [1.82, 2.24) is 0 Å². The average molecular weight is 519 g/mol. The third kappa shape index (κ3) is 10.7. The number of carbonyl (C=O) groups is 2. The monoisotopic (exact) mass is 518 g/mol. The van der Waals surface area contributed by atoms with Gasteiger partial charge in [0.05, 0.1) is 24.2 Å². The minimum absolute atomic E-state index is 0.0311. The Balaban J connectivity index is 1.99. The van der Waals surface area contributed by atoms with Crippen LogP contribution in [0, 0.1) is 0 Å². The van der Waals surface area contributed by atoms with E-state index in [2.05, 4.69) is 0 Å². The summed E-state index contributed by atoms with van der Waals surface area (Å²) in [6, 6.07) is 17.6. The molecule has 8 nitrogen and oxygen atoms in total. The third-order valence-electron chi connectivity index (χ3n) is 5.07. The molecule has 0 aliphatic rings. The predicted molar refractivity (Wildman–Crippen MR) is 135 cm³/mol. The lowest BCUT2D eigenvalue weighted by atomic mass is 10.1. The Labute approximate surface area is 213 Å². The Morgan fingerprint density at radius 2 is 1.61 bits per heavy atom. The molecule has 2 aromatic carbocycles. The van der Waals surface area contributed by atoms with Crippen molar-refractivity contribution in [2.75, 3.05) is 25.6 Å². The highest BCUT2D eigenvalue weighted by molar-refractivity contribution is 7.92. The molecule has 9 heteroatoms. The van der Waals surface area contributed by atoms with Crippen LogP contribution in [0.1, 0.15) is 32.3 Å². The molecule has 0 aliphatic heterocycles. The summed E-state index contributed by atoms with van der Waals surface area (Å²) in [5, 5.41) is 0. The highest BCUT2D eigenvalue weighted by Gasteiger charge is 2.27. The normalized spacial score (nSPS) is 13.3. The van der Waals surface area contributed by atoms with Crippen LogP contribution in [0.15, 0.2) is 77.7 Å². The molecule has 0 aromatic heterocycles. The minimum Gasteiger partial charge on any atom is -0.435 e.